The molecule has 1 aliphatic heterocycles. The van der Waals surface area contributed by atoms with Crippen molar-refractivity contribution in [2.75, 3.05) is 19.8 Å². The third-order valence-corrected chi connectivity index (χ3v) is 4.28. The Labute approximate surface area is 147 Å². The van der Waals surface area contributed by atoms with E-state index in [0.29, 0.717) is 36.8 Å². The molecule has 0 amide bonds. The smallest absolute Gasteiger partial charge is 0.188 e. The summed E-state index contributed by atoms with van der Waals surface area (Å²) in [5.41, 5.74) is 2.40. The van der Waals surface area contributed by atoms with E-state index in [1.54, 1.807) is 24.3 Å². The first-order valence-corrected chi connectivity index (χ1v) is 8.63. The lowest BCUT2D eigenvalue weighted by Crippen LogP contribution is -2.35. The summed E-state index contributed by atoms with van der Waals surface area (Å²) >= 11 is 0. The minimum absolute atomic E-state index is 0.0587. The minimum atomic E-state index is -0.458. The molecule has 0 aliphatic carbocycles. The van der Waals surface area contributed by atoms with Gasteiger partial charge in [0.1, 0.15) is 5.75 Å². The monoisotopic (exact) mass is 341 g/mol. The summed E-state index contributed by atoms with van der Waals surface area (Å²) in [6.45, 7) is 5.42. The average molecular weight is 341 g/mol. The molecule has 0 bridgehead atoms. The number of hydrogen-bond acceptors (Lipinski definition) is 5. The number of benzene rings is 2. The molecule has 2 aromatic carbocycles. The minimum Gasteiger partial charge on any atom is -0.508 e. The van der Waals surface area contributed by atoms with Crippen LogP contribution in [-0.2, 0) is 6.42 Å². The standard InChI is InChI=1S/C20H23NO4/c1-3-24-17-7-5-6-16(20(17)25-4-2)19(23)18-15-9-8-14(22)12-13(15)10-11-21-18/h5-9,12,18,21-22H,3-4,10-11H2,1-2H3. The molecule has 0 saturated carbocycles. The highest BCUT2D eigenvalue weighted by atomic mass is 16.5. The van der Waals surface area contributed by atoms with Gasteiger partial charge in [0.15, 0.2) is 17.3 Å². The highest BCUT2D eigenvalue weighted by Crippen LogP contribution is 2.36. The molecule has 0 radical (unpaired) electrons. The van der Waals surface area contributed by atoms with Crippen molar-refractivity contribution in [1.82, 2.24) is 5.32 Å². The number of nitrogens with one attached hydrogen (secondary N) is 1. The molecule has 5 heteroatoms. The fraction of sp³-hybridized carbons (Fsp3) is 0.350. The van der Waals surface area contributed by atoms with E-state index in [2.05, 4.69) is 5.32 Å². The second-order valence-corrected chi connectivity index (χ2v) is 5.88. The van der Waals surface area contributed by atoms with Crippen molar-refractivity contribution in [1.29, 1.82) is 0 Å². The van der Waals surface area contributed by atoms with Crippen molar-refractivity contribution in [3.63, 3.8) is 0 Å². The van der Waals surface area contributed by atoms with Gasteiger partial charge in [-0.05, 0) is 55.7 Å². The SMILES string of the molecule is CCOc1cccc(C(=O)C2NCCc3cc(O)ccc32)c1OCC. The van der Waals surface area contributed by atoms with E-state index in [9.17, 15) is 9.90 Å². The average Bonchev–Trinajstić information content (AvgIpc) is 2.62. The molecule has 5 nitrogen and oxygen atoms in total. The summed E-state index contributed by atoms with van der Waals surface area (Å²) in [4.78, 5) is 13.2. The lowest BCUT2D eigenvalue weighted by Gasteiger charge is -2.27. The molecule has 0 aromatic heterocycles. The van der Waals surface area contributed by atoms with Crippen molar-refractivity contribution in [3.8, 4) is 17.2 Å². The number of ether oxygens (including phenoxy) is 2. The number of hydrogen-bond donors (Lipinski definition) is 2. The predicted octanol–water partition coefficient (Wildman–Crippen LogP) is 3.26. The van der Waals surface area contributed by atoms with Crippen LogP contribution in [0.1, 0.15) is 41.4 Å². The summed E-state index contributed by atoms with van der Waals surface area (Å²) in [6, 6.07) is 10.1. The molecule has 0 spiro atoms. The first kappa shape index (κ1) is 17.3. The van der Waals surface area contributed by atoms with E-state index in [1.807, 2.05) is 26.0 Å². The second-order valence-electron chi connectivity index (χ2n) is 5.88. The molecule has 1 atom stereocenters. The van der Waals surface area contributed by atoms with Crippen LogP contribution in [0.5, 0.6) is 17.2 Å². The highest BCUT2D eigenvalue weighted by molar-refractivity contribution is 6.04. The topological polar surface area (TPSA) is 67.8 Å². The maximum atomic E-state index is 13.2. The van der Waals surface area contributed by atoms with Crippen LogP contribution in [0.2, 0.25) is 0 Å². The molecule has 2 N–H and O–H groups in total. The van der Waals surface area contributed by atoms with Gasteiger partial charge >= 0.3 is 0 Å². The van der Waals surface area contributed by atoms with E-state index in [0.717, 1.165) is 17.5 Å². The fourth-order valence-corrected chi connectivity index (χ4v) is 3.21. The number of Topliss-reactive ketones (excluding diaryl/α,β-unsaturated/α-hetero) is 1. The van der Waals surface area contributed by atoms with Crippen LogP contribution >= 0.6 is 0 Å². The summed E-state index contributed by atoms with van der Waals surface area (Å²) in [5, 5.41) is 13.0. The fourth-order valence-electron chi connectivity index (χ4n) is 3.21. The Morgan fingerprint density at radius 1 is 1.20 bits per heavy atom. The molecule has 1 unspecified atom stereocenters. The lowest BCUT2D eigenvalue weighted by atomic mass is 9.89. The normalized spacial score (nSPS) is 16.2. The first-order valence-electron chi connectivity index (χ1n) is 8.63. The number of phenols is 1. The molecule has 25 heavy (non-hydrogen) atoms. The van der Waals surface area contributed by atoms with Crippen LogP contribution in [0.15, 0.2) is 36.4 Å². The van der Waals surface area contributed by atoms with Crippen LogP contribution in [0, 0.1) is 0 Å². The molecule has 1 aliphatic rings. The van der Waals surface area contributed by atoms with Crippen molar-refractivity contribution in [3.05, 3.63) is 53.1 Å². The molecule has 1 heterocycles. The maximum Gasteiger partial charge on any atom is 0.188 e. The van der Waals surface area contributed by atoms with E-state index in [-0.39, 0.29) is 11.5 Å². The number of rotatable bonds is 6. The van der Waals surface area contributed by atoms with E-state index < -0.39 is 6.04 Å². The number of carbonyl (C=O) groups is 1. The second kappa shape index (κ2) is 7.57. The van der Waals surface area contributed by atoms with Gasteiger partial charge in [-0.25, -0.2) is 0 Å². The van der Waals surface area contributed by atoms with E-state index in [1.165, 1.54) is 0 Å². The Balaban J connectivity index is 2.01. The van der Waals surface area contributed by atoms with Crippen molar-refractivity contribution in [2.45, 2.75) is 26.3 Å². The van der Waals surface area contributed by atoms with Crippen LogP contribution in [-0.4, -0.2) is 30.6 Å². The van der Waals surface area contributed by atoms with Crippen molar-refractivity contribution in [2.24, 2.45) is 0 Å². The van der Waals surface area contributed by atoms with Gasteiger partial charge < -0.3 is 19.9 Å². The van der Waals surface area contributed by atoms with Crippen LogP contribution in [0.3, 0.4) is 0 Å². The van der Waals surface area contributed by atoms with Crippen LogP contribution in [0.4, 0.5) is 0 Å². The summed E-state index contributed by atoms with van der Waals surface area (Å²) in [6.07, 6.45) is 0.783. The Hall–Kier alpha value is -2.53. The summed E-state index contributed by atoms with van der Waals surface area (Å²) < 4.78 is 11.3. The summed E-state index contributed by atoms with van der Waals surface area (Å²) in [7, 11) is 0. The van der Waals surface area contributed by atoms with Crippen molar-refractivity contribution < 1.29 is 19.4 Å². The predicted molar refractivity (Wildman–Crippen MR) is 95.7 cm³/mol. The molecule has 132 valence electrons. The Bertz CT molecular complexity index is 772. The van der Waals surface area contributed by atoms with Gasteiger partial charge in [0.25, 0.3) is 0 Å². The van der Waals surface area contributed by atoms with Gasteiger partial charge in [0, 0.05) is 6.54 Å². The largest absolute Gasteiger partial charge is 0.508 e. The van der Waals surface area contributed by atoms with Gasteiger partial charge in [-0.3, -0.25) is 4.79 Å². The van der Waals surface area contributed by atoms with Gasteiger partial charge in [-0.15, -0.1) is 0 Å². The Kier molecular flexibility index (Phi) is 5.24. The third-order valence-electron chi connectivity index (χ3n) is 4.28. The summed E-state index contributed by atoms with van der Waals surface area (Å²) in [5.74, 6) is 1.23. The van der Waals surface area contributed by atoms with Gasteiger partial charge in [0.05, 0.1) is 24.8 Å². The lowest BCUT2D eigenvalue weighted by molar-refractivity contribution is 0.0934. The number of fused-ring (bicyclic) bond motifs is 1. The number of phenolic OH excluding ortho intramolecular Hbond substituents is 1. The van der Waals surface area contributed by atoms with Gasteiger partial charge in [-0.2, -0.15) is 0 Å². The zero-order chi connectivity index (χ0) is 17.8. The van der Waals surface area contributed by atoms with Gasteiger partial charge in [0.2, 0.25) is 0 Å². The molecular weight excluding hydrogens is 318 g/mol. The van der Waals surface area contributed by atoms with E-state index >= 15 is 0 Å². The Morgan fingerprint density at radius 3 is 2.76 bits per heavy atom. The van der Waals surface area contributed by atoms with Crippen LogP contribution in [0.25, 0.3) is 0 Å². The first-order chi connectivity index (χ1) is 12.2. The molecule has 3 rings (SSSR count). The zero-order valence-electron chi connectivity index (χ0n) is 14.5. The molecule has 0 fully saturated rings. The zero-order valence-corrected chi connectivity index (χ0v) is 14.5. The maximum absolute atomic E-state index is 13.2. The van der Waals surface area contributed by atoms with Crippen molar-refractivity contribution >= 4 is 5.78 Å². The third kappa shape index (κ3) is 3.46. The molecular formula is C20H23NO4. The quantitative estimate of drug-likeness (QED) is 0.790. The van der Waals surface area contributed by atoms with Gasteiger partial charge in [-0.1, -0.05) is 12.1 Å². The number of aromatic hydroxyl groups is 1. The number of para-hydroxylation sites is 1. The van der Waals surface area contributed by atoms with E-state index in [4.69, 9.17) is 9.47 Å². The molecule has 0 saturated heterocycles. The number of ketones is 1. The van der Waals surface area contributed by atoms with Crippen LogP contribution < -0.4 is 14.8 Å². The molecule has 2 aromatic rings. The number of carbonyl (C=O) groups excluding carboxylic acids is 1. The highest BCUT2D eigenvalue weighted by Gasteiger charge is 2.30. The Morgan fingerprint density at radius 2 is 2.00 bits per heavy atom.